The Bertz CT molecular complexity index is 565. The predicted octanol–water partition coefficient (Wildman–Crippen LogP) is 2.40. The number of nitrogens with two attached hydrogens (primary N) is 1. The molecule has 3 N–H and O–H groups in total. The Morgan fingerprint density at radius 1 is 1.14 bits per heavy atom. The summed E-state index contributed by atoms with van der Waals surface area (Å²) in [6.45, 7) is 2.43. The van der Waals surface area contributed by atoms with Gasteiger partial charge >= 0.3 is 0 Å². The van der Waals surface area contributed by atoms with Gasteiger partial charge in [0.25, 0.3) is 5.91 Å². The quantitative estimate of drug-likeness (QED) is 0.856. The Balaban J connectivity index is 1.76. The van der Waals surface area contributed by atoms with Crippen molar-refractivity contribution < 1.29 is 9.53 Å². The second-order valence-corrected chi connectivity index (χ2v) is 4.91. The van der Waals surface area contributed by atoms with Crippen LogP contribution in [0.1, 0.15) is 24.1 Å². The molecular weight excluding hydrogens is 264 g/mol. The maximum absolute atomic E-state index is 11.7. The van der Waals surface area contributed by atoms with Gasteiger partial charge in [0.1, 0.15) is 5.75 Å². The molecule has 0 fully saturated rings. The number of nitrogens with one attached hydrogen (secondary N) is 1. The topological polar surface area (TPSA) is 64.3 Å². The molecule has 0 aromatic heterocycles. The summed E-state index contributed by atoms with van der Waals surface area (Å²) in [6, 6.07) is 17.2. The third-order valence-corrected chi connectivity index (χ3v) is 3.11. The van der Waals surface area contributed by atoms with E-state index in [0.29, 0.717) is 12.3 Å². The minimum Gasteiger partial charge on any atom is -0.484 e. The fraction of sp³-hybridized carbons (Fsp3) is 0.235. The Kier molecular flexibility index (Phi) is 5.35. The second-order valence-electron chi connectivity index (χ2n) is 4.91. The maximum Gasteiger partial charge on any atom is 0.258 e. The van der Waals surface area contributed by atoms with Crippen LogP contribution in [0.4, 0.5) is 0 Å². The van der Waals surface area contributed by atoms with E-state index in [1.54, 1.807) is 0 Å². The van der Waals surface area contributed by atoms with Crippen molar-refractivity contribution in [2.24, 2.45) is 5.73 Å². The molecule has 1 atom stereocenters. The number of hydrogen-bond acceptors (Lipinski definition) is 3. The molecule has 21 heavy (non-hydrogen) atoms. The molecule has 0 aliphatic rings. The lowest BCUT2D eigenvalue weighted by Gasteiger charge is -2.09. The first-order valence-electron chi connectivity index (χ1n) is 6.94. The summed E-state index contributed by atoms with van der Waals surface area (Å²) in [5.74, 6) is 0.518. The molecule has 0 unspecified atom stereocenters. The van der Waals surface area contributed by atoms with Gasteiger partial charge in [0.2, 0.25) is 0 Å². The summed E-state index contributed by atoms with van der Waals surface area (Å²) in [4.78, 5) is 11.7. The standard InChI is InChI=1S/C17H20N2O2/c1-13(18)15-7-9-16(10-8-15)21-12-17(20)19-11-14-5-3-2-4-6-14/h2-10,13H,11-12,18H2,1H3,(H,19,20)/t13-/m1/s1. The molecule has 0 bridgehead atoms. The van der Waals surface area contributed by atoms with Crippen LogP contribution >= 0.6 is 0 Å². The van der Waals surface area contributed by atoms with Crippen molar-refractivity contribution in [2.75, 3.05) is 6.61 Å². The highest BCUT2D eigenvalue weighted by Gasteiger charge is 2.04. The summed E-state index contributed by atoms with van der Waals surface area (Å²) in [7, 11) is 0. The van der Waals surface area contributed by atoms with Crippen LogP contribution in [-0.2, 0) is 11.3 Å². The molecule has 0 saturated heterocycles. The molecule has 0 saturated carbocycles. The molecular formula is C17H20N2O2. The largest absolute Gasteiger partial charge is 0.484 e. The van der Waals surface area contributed by atoms with Crippen LogP contribution in [0.3, 0.4) is 0 Å². The summed E-state index contributed by atoms with van der Waals surface area (Å²) in [5, 5.41) is 2.81. The fourth-order valence-corrected chi connectivity index (χ4v) is 1.86. The van der Waals surface area contributed by atoms with Crippen molar-refractivity contribution in [3.8, 4) is 5.75 Å². The average molecular weight is 284 g/mol. The van der Waals surface area contributed by atoms with Crippen molar-refractivity contribution in [1.82, 2.24) is 5.32 Å². The lowest BCUT2D eigenvalue weighted by atomic mass is 10.1. The molecule has 4 heteroatoms. The highest BCUT2D eigenvalue weighted by Crippen LogP contribution is 2.15. The number of carbonyl (C=O) groups excluding carboxylic acids is 1. The molecule has 0 spiro atoms. The first kappa shape index (κ1) is 15.1. The molecule has 0 aliphatic carbocycles. The van der Waals surface area contributed by atoms with Crippen LogP contribution in [0.2, 0.25) is 0 Å². The number of rotatable bonds is 6. The smallest absolute Gasteiger partial charge is 0.258 e. The lowest BCUT2D eigenvalue weighted by Crippen LogP contribution is -2.28. The maximum atomic E-state index is 11.7. The van der Waals surface area contributed by atoms with Gasteiger partial charge < -0.3 is 15.8 Å². The molecule has 2 rings (SSSR count). The third-order valence-electron chi connectivity index (χ3n) is 3.11. The van der Waals surface area contributed by atoms with Crippen molar-refractivity contribution >= 4 is 5.91 Å². The van der Waals surface area contributed by atoms with Gasteiger partial charge in [0.05, 0.1) is 0 Å². The molecule has 0 heterocycles. The lowest BCUT2D eigenvalue weighted by molar-refractivity contribution is -0.123. The van der Waals surface area contributed by atoms with Gasteiger partial charge in [-0.1, -0.05) is 42.5 Å². The van der Waals surface area contributed by atoms with Crippen molar-refractivity contribution in [1.29, 1.82) is 0 Å². The van der Waals surface area contributed by atoms with E-state index in [4.69, 9.17) is 10.5 Å². The summed E-state index contributed by atoms with van der Waals surface area (Å²) in [5.41, 5.74) is 7.88. The number of hydrogen-bond donors (Lipinski definition) is 2. The van der Waals surface area contributed by atoms with E-state index in [0.717, 1.165) is 11.1 Å². The van der Waals surface area contributed by atoms with Gasteiger partial charge in [-0.2, -0.15) is 0 Å². The number of amides is 1. The third kappa shape index (κ3) is 4.93. The Morgan fingerprint density at radius 3 is 2.43 bits per heavy atom. The fourth-order valence-electron chi connectivity index (χ4n) is 1.86. The van der Waals surface area contributed by atoms with E-state index in [1.165, 1.54) is 0 Å². The average Bonchev–Trinajstić information content (AvgIpc) is 2.52. The van der Waals surface area contributed by atoms with Crippen LogP contribution in [0.15, 0.2) is 54.6 Å². The molecule has 0 radical (unpaired) electrons. The van der Waals surface area contributed by atoms with Crippen LogP contribution in [0.5, 0.6) is 5.75 Å². The predicted molar refractivity (Wildman–Crippen MR) is 82.8 cm³/mol. The van der Waals surface area contributed by atoms with Crippen molar-refractivity contribution in [2.45, 2.75) is 19.5 Å². The van der Waals surface area contributed by atoms with Crippen LogP contribution in [0, 0.1) is 0 Å². The van der Waals surface area contributed by atoms with Crippen LogP contribution in [0.25, 0.3) is 0 Å². The van der Waals surface area contributed by atoms with Crippen molar-refractivity contribution in [3.63, 3.8) is 0 Å². The Labute approximate surface area is 124 Å². The van der Waals surface area contributed by atoms with Gasteiger partial charge in [-0.25, -0.2) is 0 Å². The molecule has 2 aromatic carbocycles. The first-order chi connectivity index (χ1) is 10.1. The van der Waals surface area contributed by atoms with Gasteiger partial charge in [-0.3, -0.25) is 4.79 Å². The van der Waals surface area contributed by atoms with Gasteiger partial charge in [-0.05, 0) is 30.2 Å². The van der Waals surface area contributed by atoms with E-state index in [9.17, 15) is 4.79 Å². The zero-order valence-electron chi connectivity index (χ0n) is 12.1. The van der Waals surface area contributed by atoms with Crippen LogP contribution < -0.4 is 15.8 Å². The van der Waals surface area contributed by atoms with E-state index >= 15 is 0 Å². The highest BCUT2D eigenvalue weighted by molar-refractivity contribution is 5.77. The van der Waals surface area contributed by atoms with E-state index in [1.807, 2.05) is 61.5 Å². The molecule has 2 aromatic rings. The van der Waals surface area contributed by atoms with Crippen molar-refractivity contribution in [3.05, 3.63) is 65.7 Å². The molecule has 1 amide bonds. The number of ether oxygens (including phenoxy) is 1. The first-order valence-corrected chi connectivity index (χ1v) is 6.94. The monoisotopic (exact) mass is 284 g/mol. The molecule has 0 aliphatic heterocycles. The molecule has 110 valence electrons. The number of carbonyl (C=O) groups is 1. The van der Waals surface area contributed by atoms with Gasteiger partial charge in [-0.15, -0.1) is 0 Å². The SMILES string of the molecule is C[C@@H](N)c1ccc(OCC(=O)NCc2ccccc2)cc1. The van der Waals surface area contributed by atoms with E-state index in [-0.39, 0.29) is 18.6 Å². The van der Waals surface area contributed by atoms with E-state index in [2.05, 4.69) is 5.32 Å². The minimum atomic E-state index is -0.143. The summed E-state index contributed by atoms with van der Waals surface area (Å²) < 4.78 is 5.44. The van der Waals surface area contributed by atoms with Gasteiger partial charge in [0, 0.05) is 12.6 Å². The number of benzene rings is 2. The highest BCUT2D eigenvalue weighted by atomic mass is 16.5. The zero-order chi connectivity index (χ0) is 15.1. The summed E-state index contributed by atoms with van der Waals surface area (Å²) in [6.07, 6.45) is 0. The zero-order valence-corrected chi connectivity index (χ0v) is 12.1. The van der Waals surface area contributed by atoms with Crippen LogP contribution in [-0.4, -0.2) is 12.5 Å². The van der Waals surface area contributed by atoms with Gasteiger partial charge in [0.15, 0.2) is 6.61 Å². The van der Waals surface area contributed by atoms with E-state index < -0.39 is 0 Å². The molecule has 4 nitrogen and oxygen atoms in total. The normalized spacial score (nSPS) is 11.7. The Hall–Kier alpha value is -2.33. The second kappa shape index (κ2) is 7.45. The summed E-state index contributed by atoms with van der Waals surface area (Å²) >= 11 is 0. The Morgan fingerprint density at radius 2 is 1.81 bits per heavy atom. The minimum absolute atomic E-state index is 0.00432.